The van der Waals surface area contributed by atoms with Gasteiger partial charge in [-0.1, -0.05) is 36.4 Å². The highest BCUT2D eigenvalue weighted by Crippen LogP contribution is 2.16. The molecule has 23 heavy (non-hydrogen) atoms. The Labute approximate surface area is 145 Å². The normalized spacial score (nSPS) is 10.1. The Hall–Kier alpha value is -2.33. The predicted molar refractivity (Wildman–Crippen MR) is 84.9 cm³/mol. The van der Waals surface area contributed by atoms with Gasteiger partial charge in [0.1, 0.15) is 0 Å². The fourth-order valence-corrected chi connectivity index (χ4v) is 2.45. The number of halogens is 1. The molecule has 0 aliphatic heterocycles. The van der Waals surface area contributed by atoms with E-state index in [1.807, 2.05) is 42.5 Å². The predicted octanol–water partition coefficient (Wildman–Crippen LogP) is 0.217. The van der Waals surface area contributed by atoms with Crippen LogP contribution in [0.4, 0.5) is 0 Å². The molecule has 0 unspecified atom stereocenters. The molecule has 3 aromatic rings. The third kappa shape index (κ3) is 3.90. The van der Waals surface area contributed by atoms with Gasteiger partial charge in [0.15, 0.2) is 18.2 Å². The van der Waals surface area contributed by atoms with Crippen LogP contribution in [0.25, 0.3) is 10.8 Å². The van der Waals surface area contributed by atoms with E-state index >= 15 is 0 Å². The fraction of sp³-hybridized carbons (Fsp3) is 0.105. The molecular weight excluding hydrogens is 354 g/mol. The quantitative estimate of drug-likeness (QED) is 0.487. The largest absolute Gasteiger partial charge is 1.00 e. The van der Waals surface area contributed by atoms with Gasteiger partial charge in [-0.2, -0.15) is 4.57 Å². The highest BCUT2D eigenvalue weighted by molar-refractivity contribution is 5.99. The molecule has 2 aromatic carbocycles. The summed E-state index contributed by atoms with van der Waals surface area (Å²) in [5.41, 5.74) is 1.29. The molecule has 0 atom stereocenters. The van der Waals surface area contributed by atoms with Gasteiger partial charge in [0.2, 0.25) is 12.3 Å². The second-order valence-corrected chi connectivity index (χ2v) is 5.31. The van der Waals surface area contributed by atoms with Crippen LogP contribution in [0, 0.1) is 0 Å². The zero-order valence-electron chi connectivity index (χ0n) is 12.7. The molecule has 0 bridgehead atoms. The highest BCUT2D eigenvalue weighted by Gasteiger charge is 2.14. The summed E-state index contributed by atoms with van der Waals surface area (Å²) in [6.07, 6.45) is 3.51. The van der Waals surface area contributed by atoms with E-state index in [1.165, 1.54) is 6.92 Å². The van der Waals surface area contributed by atoms with E-state index < -0.39 is 0 Å². The summed E-state index contributed by atoms with van der Waals surface area (Å²) in [6.45, 7) is 1.74. The van der Waals surface area contributed by atoms with Gasteiger partial charge < -0.3 is 17.0 Å². The minimum atomic E-state index is -0.00694. The average Bonchev–Trinajstić information content (AvgIpc) is 2.54. The summed E-state index contributed by atoms with van der Waals surface area (Å²) >= 11 is 0. The van der Waals surface area contributed by atoms with E-state index in [4.69, 9.17) is 0 Å². The highest BCUT2D eigenvalue weighted by atomic mass is 79.9. The Morgan fingerprint density at radius 1 is 0.913 bits per heavy atom. The van der Waals surface area contributed by atoms with Crippen molar-refractivity contribution in [2.45, 2.75) is 13.5 Å². The van der Waals surface area contributed by atoms with Gasteiger partial charge in [0, 0.05) is 11.6 Å². The molecule has 0 radical (unpaired) electrons. The number of carbonyl (C=O) groups is 2. The summed E-state index contributed by atoms with van der Waals surface area (Å²) in [7, 11) is 0. The van der Waals surface area contributed by atoms with Crippen LogP contribution < -0.4 is 21.5 Å². The van der Waals surface area contributed by atoms with E-state index in [2.05, 4.69) is 0 Å². The van der Waals surface area contributed by atoms with Crippen molar-refractivity contribution in [3.8, 4) is 0 Å². The summed E-state index contributed by atoms with van der Waals surface area (Å²) in [5, 5.41) is 2.17. The Bertz CT molecular complexity index is 874. The van der Waals surface area contributed by atoms with Crippen molar-refractivity contribution in [2.24, 2.45) is 0 Å². The SMILES string of the molecule is CC(=O)c1ccc[n+](CC(=O)c2ccc3ccccc3c2)c1.[Br-]. The number of hydrogen-bond donors (Lipinski definition) is 0. The molecule has 116 valence electrons. The summed E-state index contributed by atoms with van der Waals surface area (Å²) in [4.78, 5) is 23.8. The van der Waals surface area contributed by atoms with Crippen LogP contribution in [0.5, 0.6) is 0 Å². The first-order chi connectivity index (χ1) is 10.6. The number of ketones is 2. The molecular formula is C19H16BrNO2. The van der Waals surface area contributed by atoms with Crippen LogP contribution in [-0.4, -0.2) is 11.6 Å². The lowest BCUT2D eigenvalue weighted by Crippen LogP contribution is -3.00. The number of hydrogen-bond acceptors (Lipinski definition) is 2. The molecule has 0 saturated carbocycles. The van der Waals surface area contributed by atoms with Crippen molar-refractivity contribution < 1.29 is 31.1 Å². The number of fused-ring (bicyclic) bond motifs is 1. The third-order valence-electron chi connectivity index (χ3n) is 3.66. The van der Waals surface area contributed by atoms with E-state index in [0.717, 1.165) is 10.8 Å². The molecule has 3 nitrogen and oxygen atoms in total. The lowest BCUT2D eigenvalue weighted by molar-refractivity contribution is -0.683. The van der Waals surface area contributed by atoms with Crippen LogP contribution in [-0.2, 0) is 6.54 Å². The summed E-state index contributed by atoms with van der Waals surface area (Å²) < 4.78 is 1.74. The minimum Gasteiger partial charge on any atom is -1.00 e. The maximum atomic E-state index is 12.4. The first kappa shape index (κ1) is 17.0. The number of nitrogens with zero attached hydrogens (tertiary/aromatic N) is 1. The lowest BCUT2D eigenvalue weighted by atomic mass is 10.0. The average molecular weight is 370 g/mol. The fourth-order valence-electron chi connectivity index (χ4n) is 2.45. The summed E-state index contributed by atoms with van der Waals surface area (Å²) in [5.74, 6) is 0.0176. The zero-order valence-corrected chi connectivity index (χ0v) is 14.3. The van der Waals surface area contributed by atoms with Crippen LogP contribution in [0.3, 0.4) is 0 Å². The molecule has 0 aliphatic rings. The number of aromatic nitrogens is 1. The van der Waals surface area contributed by atoms with Crippen molar-refractivity contribution >= 4 is 22.3 Å². The summed E-state index contributed by atoms with van der Waals surface area (Å²) in [6, 6.07) is 17.2. The molecule has 0 saturated heterocycles. The van der Waals surface area contributed by atoms with Gasteiger partial charge in [-0.05, 0) is 29.8 Å². The van der Waals surface area contributed by atoms with Crippen LogP contribution in [0.2, 0.25) is 0 Å². The number of pyridine rings is 1. The number of carbonyl (C=O) groups excluding carboxylic acids is 2. The number of rotatable bonds is 4. The second-order valence-electron chi connectivity index (χ2n) is 5.31. The molecule has 0 amide bonds. The van der Waals surface area contributed by atoms with E-state index in [-0.39, 0.29) is 35.1 Å². The van der Waals surface area contributed by atoms with Crippen LogP contribution >= 0.6 is 0 Å². The van der Waals surface area contributed by atoms with Crippen molar-refractivity contribution in [3.05, 3.63) is 78.1 Å². The van der Waals surface area contributed by atoms with Gasteiger partial charge in [0.05, 0.1) is 5.56 Å². The second kappa shape index (κ2) is 7.29. The Morgan fingerprint density at radius 3 is 2.39 bits per heavy atom. The van der Waals surface area contributed by atoms with Gasteiger partial charge in [-0.25, -0.2) is 0 Å². The van der Waals surface area contributed by atoms with Gasteiger partial charge >= 0.3 is 0 Å². The van der Waals surface area contributed by atoms with Crippen molar-refractivity contribution in [2.75, 3.05) is 0 Å². The topological polar surface area (TPSA) is 38.0 Å². The smallest absolute Gasteiger partial charge is 0.227 e. The maximum Gasteiger partial charge on any atom is 0.227 e. The lowest BCUT2D eigenvalue weighted by Gasteiger charge is -2.02. The first-order valence-electron chi connectivity index (χ1n) is 7.15. The van der Waals surface area contributed by atoms with E-state index in [9.17, 15) is 9.59 Å². The molecule has 0 spiro atoms. The standard InChI is InChI=1S/C19H16NO2.BrH/c1-14(21)18-7-4-10-20(12-18)13-19(22)17-9-8-15-5-2-3-6-16(15)11-17;/h2-12H,13H2,1H3;1H/q+1;/p-1. The number of benzene rings is 2. The van der Waals surface area contributed by atoms with Crippen molar-refractivity contribution in [1.29, 1.82) is 0 Å². The Morgan fingerprint density at radius 2 is 1.65 bits per heavy atom. The van der Waals surface area contributed by atoms with Crippen molar-refractivity contribution in [3.63, 3.8) is 0 Å². The monoisotopic (exact) mass is 369 g/mol. The number of Topliss-reactive ketones (excluding diaryl/α,β-unsaturated/α-hetero) is 2. The van der Waals surface area contributed by atoms with Crippen LogP contribution in [0.15, 0.2) is 67.0 Å². The first-order valence-corrected chi connectivity index (χ1v) is 7.15. The molecule has 1 heterocycles. The Balaban J connectivity index is 0.00000192. The minimum absolute atomic E-state index is 0. The van der Waals surface area contributed by atoms with E-state index in [0.29, 0.717) is 11.1 Å². The third-order valence-corrected chi connectivity index (χ3v) is 3.66. The van der Waals surface area contributed by atoms with Gasteiger partial charge in [0.25, 0.3) is 0 Å². The molecule has 1 aromatic heterocycles. The van der Waals surface area contributed by atoms with Crippen molar-refractivity contribution in [1.82, 2.24) is 0 Å². The van der Waals surface area contributed by atoms with Crippen LogP contribution in [0.1, 0.15) is 27.6 Å². The maximum absolute atomic E-state index is 12.4. The molecule has 0 fully saturated rings. The molecule has 0 aliphatic carbocycles. The van der Waals surface area contributed by atoms with E-state index in [1.54, 1.807) is 29.1 Å². The molecule has 0 N–H and O–H groups in total. The molecule has 3 rings (SSSR count). The zero-order chi connectivity index (χ0) is 15.5. The van der Waals surface area contributed by atoms with Gasteiger partial charge in [-0.15, -0.1) is 0 Å². The van der Waals surface area contributed by atoms with Gasteiger partial charge in [-0.3, -0.25) is 9.59 Å². The molecule has 4 heteroatoms. The Kier molecular flexibility index (Phi) is 5.40.